The fourth-order valence-electron chi connectivity index (χ4n) is 4.33. The maximum atomic E-state index is 13.4. The first-order chi connectivity index (χ1) is 15.7. The van der Waals surface area contributed by atoms with Crippen molar-refractivity contribution in [3.63, 3.8) is 0 Å². The van der Waals surface area contributed by atoms with Gasteiger partial charge in [-0.3, -0.25) is 9.59 Å². The van der Waals surface area contributed by atoms with Gasteiger partial charge in [0.05, 0.1) is 12.8 Å². The molecule has 1 atom stereocenters. The van der Waals surface area contributed by atoms with Crippen molar-refractivity contribution in [2.24, 2.45) is 0 Å². The van der Waals surface area contributed by atoms with E-state index in [4.69, 9.17) is 4.74 Å². The second-order valence-electron chi connectivity index (χ2n) is 9.23. The summed E-state index contributed by atoms with van der Waals surface area (Å²) in [5.41, 5.74) is 0.730. The molecule has 0 aromatic carbocycles. The number of piperazine rings is 1. The van der Waals surface area contributed by atoms with E-state index in [1.807, 2.05) is 25.7 Å². The minimum Gasteiger partial charge on any atom is -0.465 e. The van der Waals surface area contributed by atoms with Gasteiger partial charge in [0.1, 0.15) is 17.1 Å². The maximum Gasteiger partial charge on any atom is 0.342 e. The molecule has 0 N–H and O–H groups in total. The van der Waals surface area contributed by atoms with E-state index in [2.05, 4.69) is 16.9 Å². The van der Waals surface area contributed by atoms with Gasteiger partial charge in [-0.25, -0.2) is 14.8 Å². The summed E-state index contributed by atoms with van der Waals surface area (Å²) in [5.74, 6) is -0.404. The molecule has 2 rings (SSSR count). The van der Waals surface area contributed by atoms with Gasteiger partial charge in [0.2, 0.25) is 5.91 Å². The smallest absolute Gasteiger partial charge is 0.342 e. The molecule has 0 bridgehead atoms. The summed E-state index contributed by atoms with van der Waals surface area (Å²) in [6, 6.07) is -0.0932. The lowest BCUT2D eigenvalue weighted by Gasteiger charge is -2.40. The van der Waals surface area contributed by atoms with Crippen molar-refractivity contribution in [2.45, 2.75) is 91.5 Å². The van der Waals surface area contributed by atoms with E-state index in [1.165, 1.54) is 32.8 Å². The number of amides is 2. The molecule has 1 unspecified atom stereocenters. The minimum atomic E-state index is -0.608. The Morgan fingerprint density at radius 3 is 2.33 bits per heavy atom. The summed E-state index contributed by atoms with van der Waals surface area (Å²) in [6.45, 7) is 11.0. The van der Waals surface area contributed by atoms with E-state index >= 15 is 0 Å². The molecule has 2 amide bonds. The molecule has 8 heteroatoms. The van der Waals surface area contributed by atoms with Crippen molar-refractivity contribution in [2.75, 3.05) is 26.7 Å². The lowest BCUT2D eigenvalue weighted by Crippen LogP contribution is -2.55. The molecule has 0 saturated carbocycles. The van der Waals surface area contributed by atoms with Crippen LogP contribution in [0.1, 0.15) is 111 Å². The van der Waals surface area contributed by atoms with Crippen LogP contribution >= 0.6 is 0 Å². The van der Waals surface area contributed by atoms with E-state index in [1.54, 1.807) is 11.8 Å². The molecule has 1 aliphatic heterocycles. The average molecular weight is 461 g/mol. The highest BCUT2D eigenvalue weighted by atomic mass is 16.5. The second kappa shape index (κ2) is 12.7. The van der Waals surface area contributed by atoms with E-state index in [9.17, 15) is 14.4 Å². The van der Waals surface area contributed by atoms with Crippen molar-refractivity contribution >= 4 is 17.8 Å². The molecule has 1 fully saturated rings. The zero-order valence-electron chi connectivity index (χ0n) is 21.1. The Hall–Kier alpha value is -2.51. The van der Waals surface area contributed by atoms with Crippen molar-refractivity contribution in [3.8, 4) is 0 Å². The van der Waals surface area contributed by atoms with Crippen LogP contribution in [0.25, 0.3) is 0 Å². The quantitative estimate of drug-likeness (QED) is 0.385. The van der Waals surface area contributed by atoms with Crippen molar-refractivity contribution in [1.82, 2.24) is 19.8 Å². The summed E-state index contributed by atoms with van der Waals surface area (Å²) in [5, 5.41) is 0. The normalized spacial score (nSPS) is 16.3. The number of nitrogens with zero attached hydrogens (tertiary/aromatic N) is 4. The van der Waals surface area contributed by atoms with Gasteiger partial charge in [0.15, 0.2) is 0 Å². The third kappa shape index (κ3) is 6.98. The number of carbonyl (C=O) groups is 3. The van der Waals surface area contributed by atoms with E-state index in [0.717, 1.165) is 12.8 Å². The molecule has 1 saturated heterocycles. The van der Waals surface area contributed by atoms with Crippen LogP contribution in [-0.4, -0.2) is 70.3 Å². The number of carbonyl (C=O) groups excluding carboxylic acids is 3. The molecule has 1 aromatic rings. The van der Waals surface area contributed by atoms with Crippen LogP contribution in [-0.2, 0) is 9.53 Å². The second-order valence-corrected chi connectivity index (χ2v) is 9.23. The summed E-state index contributed by atoms with van der Waals surface area (Å²) in [4.78, 5) is 50.9. The third-order valence-corrected chi connectivity index (χ3v) is 6.17. The largest absolute Gasteiger partial charge is 0.465 e. The highest BCUT2D eigenvalue weighted by Gasteiger charge is 2.34. The Kier molecular flexibility index (Phi) is 10.3. The number of hydrogen-bond acceptors (Lipinski definition) is 6. The van der Waals surface area contributed by atoms with Crippen LogP contribution in [0.3, 0.4) is 0 Å². The molecule has 184 valence electrons. The standard InChI is InChI=1S/C25H40N4O4/c1-7-8-9-10-11-12-13-20(30)29-15-14-28(16-18(29)4)24(31)23-21(25(32)33-6)22(17(2)3)26-19(5)27-23/h17-18H,7-16H2,1-6H3. The van der Waals surface area contributed by atoms with E-state index in [0.29, 0.717) is 37.6 Å². The number of aryl methyl sites for hydroxylation is 1. The van der Waals surface area contributed by atoms with Crippen LogP contribution in [0, 0.1) is 6.92 Å². The van der Waals surface area contributed by atoms with Gasteiger partial charge in [0, 0.05) is 32.1 Å². The zero-order valence-corrected chi connectivity index (χ0v) is 21.1. The molecule has 0 spiro atoms. The highest BCUT2D eigenvalue weighted by molar-refractivity contribution is 6.04. The third-order valence-electron chi connectivity index (χ3n) is 6.17. The summed E-state index contributed by atoms with van der Waals surface area (Å²) in [7, 11) is 1.29. The minimum absolute atomic E-state index is 0.0669. The van der Waals surface area contributed by atoms with Gasteiger partial charge in [-0.1, -0.05) is 52.9 Å². The molecule has 0 aliphatic carbocycles. The SMILES string of the molecule is CCCCCCCCC(=O)N1CCN(C(=O)c2nc(C)nc(C(C)C)c2C(=O)OC)CC1C. The van der Waals surface area contributed by atoms with Crippen molar-refractivity contribution < 1.29 is 19.1 Å². The monoisotopic (exact) mass is 460 g/mol. The highest BCUT2D eigenvalue weighted by Crippen LogP contribution is 2.23. The Labute approximate surface area is 198 Å². The molecule has 2 heterocycles. The van der Waals surface area contributed by atoms with Crippen LogP contribution in [0.15, 0.2) is 0 Å². The van der Waals surface area contributed by atoms with Gasteiger partial charge < -0.3 is 14.5 Å². The van der Waals surface area contributed by atoms with Crippen LogP contribution < -0.4 is 0 Å². The van der Waals surface area contributed by atoms with Crippen LogP contribution in [0.2, 0.25) is 0 Å². The number of aromatic nitrogens is 2. The molecule has 0 radical (unpaired) electrons. The fraction of sp³-hybridized carbons (Fsp3) is 0.720. The number of rotatable bonds is 10. The Morgan fingerprint density at radius 2 is 1.73 bits per heavy atom. The number of methoxy groups -OCH3 is 1. The van der Waals surface area contributed by atoms with Gasteiger partial charge in [-0.2, -0.15) is 0 Å². The molecular formula is C25H40N4O4. The lowest BCUT2D eigenvalue weighted by molar-refractivity contribution is -0.135. The van der Waals surface area contributed by atoms with Gasteiger partial charge in [-0.15, -0.1) is 0 Å². The predicted octanol–water partition coefficient (Wildman–Crippen LogP) is 4.12. The summed E-state index contributed by atoms with van der Waals surface area (Å²) in [6.07, 6.45) is 7.43. The molecule has 1 aromatic heterocycles. The molecule has 1 aliphatic rings. The van der Waals surface area contributed by atoms with Gasteiger partial charge in [-0.05, 0) is 26.2 Å². The van der Waals surface area contributed by atoms with Crippen LogP contribution in [0.4, 0.5) is 0 Å². The van der Waals surface area contributed by atoms with Gasteiger partial charge >= 0.3 is 5.97 Å². The van der Waals surface area contributed by atoms with Crippen molar-refractivity contribution in [3.05, 3.63) is 22.8 Å². The van der Waals surface area contributed by atoms with E-state index < -0.39 is 5.97 Å². The number of esters is 1. The lowest BCUT2D eigenvalue weighted by atomic mass is 10.0. The first-order valence-electron chi connectivity index (χ1n) is 12.3. The Morgan fingerprint density at radius 1 is 1.06 bits per heavy atom. The maximum absolute atomic E-state index is 13.4. The van der Waals surface area contributed by atoms with Crippen LogP contribution in [0.5, 0.6) is 0 Å². The van der Waals surface area contributed by atoms with Crippen molar-refractivity contribution in [1.29, 1.82) is 0 Å². The van der Waals surface area contributed by atoms with Gasteiger partial charge in [0.25, 0.3) is 5.91 Å². The topological polar surface area (TPSA) is 92.7 Å². The Bertz CT molecular complexity index is 840. The zero-order chi connectivity index (χ0) is 24.5. The number of ether oxygens (including phenoxy) is 1. The first-order valence-corrected chi connectivity index (χ1v) is 12.3. The molecular weight excluding hydrogens is 420 g/mol. The first kappa shape index (κ1) is 26.7. The Balaban J connectivity index is 2.07. The summed E-state index contributed by atoms with van der Waals surface area (Å²) < 4.78 is 4.94. The average Bonchev–Trinajstić information content (AvgIpc) is 2.79. The van der Waals surface area contributed by atoms with E-state index in [-0.39, 0.29) is 35.0 Å². The summed E-state index contributed by atoms with van der Waals surface area (Å²) >= 11 is 0. The fourth-order valence-corrected chi connectivity index (χ4v) is 4.33. The number of unbranched alkanes of at least 4 members (excludes halogenated alkanes) is 5. The predicted molar refractivity (Wildman–Crippen MR) is 127 cm³/mol. The molecule has 33 heavy (non-hydrogen) atoms. The molecule has 8 nitrogen and oxygen atoms in total. The number of hydrogen-bond donors (Lipinski definition) is 0.